The summed E-state index contributed by atoms with van der Waals surface area (Å²) >= 11 is 0. The molecule has 2 heterocycles. The Morgan fingerprint density at radius 2 is 1.90 bits per heavy atom. The zero-order valence-corrected chi connectivity index (χ0v) is 11.4. The zero-order chi connectivity index (χ0) is 14.2. The van der Waals surface area contributed by atoms with Gasteiger partial charge < -0.3 is 15.2 Å². The largest absolute Gasteiger partial charge is 0.399 e. The summed E-state index contributed by atoms with van der Waals surface area (Å²) in [6.45, 7) is 4.09. The van der Waals surface area contributed by atoms with Crippen molar-refractivity contribution in [1.29, 1.82) is 0 Å². The van der Waals surface area contributed by atoms with Crippen LogP contribution in [0, 0.1) is 0 Å². The molecular weight excluding hydrogens is 252 g/mol. The SMILES string of the molecule is CC(C)(c1ccc(N)cc1)c1nc(-c2ccc[nH]2)no1. The van der Waals surface area contributed by atoms with E-state index in [1.807, 2.05) is 56.4 Å². The highest BCUT2D eigenvalue weighted by atomic mass is 16.5. The first-order chi connectivity index (χ1) is 9.57. The van der Waals surface area contributed by atoms with E-state index in [0.29, 0.717) is 11.7 Å². The summed E-state index contributed by atoms with van der Waals surface area (Å²) in [5.41, 5.74) is 8.01. The number of nitrogens with one attached hydrogen (secondary N) is 1. The Morgan fingerprint density at radius 3 is 2.55 bits per heavy atom. The number of nitrogens with zero attached hydrogens (tertiary/aromatic N) is 2. The summed E-state index contributed by atoms with van der Waals surface area (Å²) in [6, 6.07) is 11.5. The molecular formula is C15H16N4O. The lowest BCUT2D eigenvalue weighted by atomic mass is 9.84. The van der Waals surface area contributed by atoms with Crippen LogP contribution in [0.4, 0.5) is 5.69 Å². The van der Waals surface area contributed by atoms with Crippen LogP contribution >= 0.6 is 0 Å². The van der Waals surface area contributed by atoms with Crippen LogP contribution in [0.25, 0.3) is 11.5 Å². The van der Waals surface area contributed by atoms with E-state index in [4.69, 9.17) is 10.3 Å². The Morgan fingerprint density at radius 1 is 1.15 bits per heavy atom. The Hall–Kier alpha value is -2.56. The van der Waals surface area contributed by atoms with E-state index >= 15 is 0 Å². The number of rotatable bonds is 3. The lowest BCUT2D eigenvalue weighted by Crippen LogP contribution is -2.19. The van der Waals surface area contributed by atoms with Crippen molar-refractivity contribution in [2.45, 2.75) is 19.3 Å². The Balaban J connectivity index is 1.97. The average Bonchev–Trinajstić information content (AvgIpc) is 3.10. The summed E-state index contributed by atoms with van der Waals surface area (Å²) in [5.74, 6) is 1.14. The topological polar surface area (TPSA) is 80.7 Å². The van der Waals surface area contributed by atoms with Gasteiger partial charge in [-0.3, -0.25) is 0 Å². The van der Waals surface area contributed by atoms with Gasteiger partial charge in [0.2, 0.25) is 11.7 Å². The molecule has 0 bridgehead atoms. The van der Waals surface area contributed by atoms with Gasteiger partial charge in [0.25, 0.3) is 0 Å². The van der Waals surface area contributed by atoms with E-state index in [1.165, 1.54) is 0 Å². The van der Waals surface area contributed by atoms with Crippen molar-refractivity contribution >= 4 is 5.69 Å². The Bertz CT molecular complexity index is 696. The lowest BCUT2D eigenvalue weighted by Gasteiger charge is -2.20. The van der Waals surface area contributed by atoms with Gasteiger partial charge in [-0.1, -0.05) is 17.3 Å². The molecule has 0 aliphatic carbocycles. The zero-order valence-electron chi connectivity index (χ0n) is 11.4. The summed E-state index contributed by atoms with van der Waals surface area (Å²) in [7, 11) is 0. The molecule has 0 amide bonds. The van der Waals surface area contributed by atoms with Gasteiger partial charge in [-0.05, 0) is 43.7 Å². The summed E-state index contributed by atoms with van der Waals surface area (Å²) in [6.07, 6.45) is 1.83. The second-order valence-corrected chi connectivity index (χ2v) is 5.25. The molecule has 2 aromatic heterocycles. The van der Waals surface area contributed by atoms with Crippen molar-refractivity contribution in [3.8, 4) is 11.5 Å². The number of nitrogens with two attached hydrogens (primary N) is 1. The molecule has 20 heavy (non-hydrogen) atoms. The normalized spacial score (nSPS) is 11.7. The standard InChI is InChI=1S/C15H16N4O/c1-15(2,10-5-7-11(16)8-6-10)14-18-13(19-20-14)12-4-3-9-17-12/h3-9,17H,16H2,1-2H3. The maximum Gasteiger partial charge on any atom is 0.237 e. The fraction of sp³-hybridized carbons (Fsp3) is 0.200. The van der Waals surface area contributed by atoms with Crippen LogP contribution in [0.3, 0.4) is 0 Å². The molecule has 102 valence electrons. The highest BCUT2D eigenvalue weighted by molar-refractivity contribution is 5.49. The maximum atomic E-state index is 5.72. The second-order valence-electron chi connectivity index (χ2n) is 5.25. The van der Waals surface area contributed by atoms with Crippen molar-refractivity contribution in [2.75, 3.05) is 5.73 Å². The molecule has 0 saturated heterocycles. The van der Waals surface area contributed by atoms with Crippen LogP contribution in [0.5, 0.6) is 0 Å². The van der Waals surface area contributed by atoms with Crippen LogP contribution < -0.4 is 5.73 Å². The van der Waals surface area contributed by atoms with Crippen LogP contribution in [-0.2, 0) is 5.41 Å². The molecule has 0 saturated carbocycles. The molecule has 0 aliphatic heterocycles. The monoisotopic (exact) mass is 268 g/mol. The second kappa shape index (κ2) is 4.52. The molecule has 5 nitrogen and oxygen atoms in total. The van der Waals surface area contributed by atoms with Crippen molar-refractivity contribution in [3.63, 3.8) is 0 Å². The van der Waals surface area contributed by atoms with Crippen molar-refractivity contribution < 1.29 is 4.52 Å². The van der Waals surface area contributed by atoms with E-state index in [2.05, 4.69) is 15.1 Å². The fourth-order valence-corrected chi connectivity index (χ4v) is 2.08. The predicted molar refractivity (Wildman–Crippen MR) is 77.1 cm³/mol. The lowest BCUT2D eigenvalue weighted by molar-refractivity contribution is 0.333. The molecule has 3 N–H and O–H groups in total. The molecule has 0 unspecified atom stereocenters. The van der Waals surface area contributed by atoms with E-state index in [-0.39, 0.29) is 5.41 Å². The molecule has 1 aromatic carbocycles. The Kier molecular flexibility index (Phi) is 2.82. The van der Waals surface area contributed by atoms with E-state index in [0.717, 1.165) is 16.9 Å². The van der Waals surface area contributed by atoms with E-state index in [1.54, 1.807) is 0 Å². The van der Waals surface area contributed by atoms with Gasteiger partial charge in [0.05, 0.1) is 11.1 Å². The van der Waals surface area contributed by atoms with Crippen LogP contribution in [0.1, 0.15) is 25.3 Å². The minimum atomic E-state index is -0.370. The predicted octanol–water partition coefficient (Wildman–Crippen LogP) is 2.97. The van der Waals surface area contributed by atoms with Crippen molar-refractivity contribution in [2.24, 2.45) is 0 Å². The van der Waals surface area contributed by atoms with Gasteiger partial charge in [0, 0.05) is 11.9 Å². The van der Waals surface area contributed by atoms with Gasteiger partial charge in [0.1, 0.15) is 0 Å². The highest BCUT2D eigenvalue weighted by Gasteiger charge is 2.30. The molecule has 0 fully saturated rings. The summed E-state index contributed by atoms with van der Waals surface area (Å²) in [5, 5.41) is 4.03. The van der Waals surface area contributed by atoms with Crippen LogP contribution in [0.2, 0.25) is 0 Å². The quantitative estimate of drug-likeness (QED) is 0.715. The molecule has 0 aliphatic rings. The summed E-state index contributed by atoms with van der Waals surface area (Å²) in [4.78, 5) is 7.55. The maximum absolute atomic E-state index is 5.72. The number of hydrogen-bond donors (Lipinski definition) is 2. The number of benzene rings is 1. The molecule has 5 heteroatoms. The smallest absolute Gasteiger partial charge is 0.237 e. The van der Waals surface area contributed by atoms with Crippen LogP contribution in [0.15, 0.2) is 47.1 Å². The third-order valence-corrected chi connectivity index (χ3v) is 3.43. The van der Waals surface area contributed by atoms with Gasteiger partial charge in [-0.2, -0.15) is 4.98 Å². The molecule has 0 spiro atoms. The van der Waals surface area contributed by atoms with E-state index < -0.39 is 0 Å². The number of hydrogen-bond acceptors (Lipinski definition) is 4. The van der Waals surface area contributed by atoms with Gasteiger partial charge in [0.15, 0.2) is 0 Å². The number of aromatic amines is 1. The minimum absolute atomic E-state index is 0.370. The van der Waals surface area contributed by atoms with Gasteiger partial charge in [-0.25, -0.2) is 0 Å². The first kappa shape index (κ1) is 12.5. The number of anilines is 1. The van der Waals surface area contributed by atoms with Gasteiger partial charge in [-0.15, -0.1) is 0 Å². The fourth-order valence-electron chi connectivity index (χ4n) is 2.08. The number of H-pyrrole nitrogens is 1. The first-order valence-electron chi connectivity index (χ1n) is 6.41. The number of nitrogen functional groups attached to an aromatic ring is 1. The van der Waals surface area contributed by atoms with Crippen molar-refractivity contribution in [1.82, 2.24) is 15.1 Å². The summed E-state index contributed by atoms with van der Waals surface area (Å²) < 4.78 is 5.43. The first-order valence-corrected chi connectivity index (χ1v) is 6.41. The highest BCUT2D eigenvalue weighted by Crippen LogP contribution is 2.31. The van der Waals surface area contributed by atoms with E-state index in [9.17, 15) is 0 Å². The third-order valence-electron chi connectivity index (χ3n) is 3.43. The van der Waals surface area contributed by atoms with Gasteiger partial charge >= 0.3 is 0 Å². The molecule has 3 aromatic rings. The van der Waals surface area contributed by atoms with Crippen molar-refractivity contribution in [3.05, 3.63) is 54.0 Å². The molecule has 0 atom stereocenters. The number of aromatic nitrogens is 3. The minimum Gasteiger partial charge on any atom is -0.399 e. The molecule has 0 radical (unpaired) electrons. The molecule has 3 rings (SSSR count). The van der Waals surface area contributed by atoms with Crippen LogP contribution in [-0.4, -0.2) is 15.1 Å². The average molecular weight is 268 g/mol. The Labute approximate surface area is 116 Å². The third kappa shape index (κ3) is 2.07.